The summed E-state index contributed by atoms with van der Waals surface area (Å²) in [4.78, 5) is 25.2. The zero-order chi connectivity index (χ0) is 17.0. The largest absolute Gasteiger partial charge is 0.365 e. The quantitative estimate of drug-likeness (QED) is 0.901. The predicted molar refractivity (Wildman–Crippen MR) is 92.5 cm³/mol. The highest BCUT2D eigenvalue weighted by Gasteiger charge is 2.37. The van der Waals surface area contributed by atoms with E-state index >= 15 is 0 Å². The Morgan fingerprint density at radius 2 is 1.96 bits per heavy atom. The van der Waals surface area contributed by atoms with Crippen molar-refractivity contribution in [2.24, 2.45) is 5.73 Å². The van der Waals surface area contributed by atoms with E-state index in [0.717, 1.165) is 23.9 Å². The van der Waals surface area contributed by atoms with Gasteiger partial charge in [0.05, 0.1) is 5.52 Å². The maximum atomic E-state index is 13.0. The first-order chi connectivity index (χ1) is 11.5. The Bertz CT molecular complexity index is 852. The molecule has 2 aromatic rings. The monoisotopic (exact) mass is 328 g/mol. The van der Waals surface area contributed by atoms with Crippen LogP contribution in [-0.4, -0.2) is 27.2 Å². The van der Waals surface area contributed by atoms with Crippen LogP contribution in [-0.2, 0) is 0 Å². The highest BCUT2D eigenvalue weighted by molar-refractivity contribution is 5.96. The van der Waals surface area contributed by atoms with Crippen molar-refractivity contribution >= 4 is 11.4 Å². The predicted octanol–water partition coefficient (Wildman–Crippen LogP) is 1.78. The van der Waals surface area contributed by atoms with Gasteiger partial charge in [-0.1, -0.05) is 0 Å². The van der Waals surface area contributed by atoms with Gasteiger partial charge in [-0.15, -0.1) is 0 Å². The molecular weight excluding hydrogens is 304 g/mol. The maximum Gasteiger partial charge on any atom is 0.278 e. The second kappa shape index (κ2) is 5.48. The summed E-state index contributed by atoms with van der Waals surface area (Å²) in [6, 6.07) is 4.83. The van der Waals surface area contributed by atoms with Gasteiger partial charge in [-0.05, 0) is 63.1 Å². The van der Waals surface area contributed by atoms with Gasteiger partial charge in [0.2, 0.25) is 0 Å². The first kappa shape index (κ1) is 15.4. The molecule has 2 aromatic heterocycles. The van der Waals surface area contributed by atoms with Gasteiger partial charge in [-0.25, -0.2) is 4.68 Å². The van der Waals surface area contributed by atoms with Crippen LogP contribution in [0.5, 0.6) is 0 Å². The molecule has 0 radical (unpaired) electrons. The summed E-state index contributed by atoms with van der Waals surface area (Å²) in [6.45, 7) is 3.88. The number of hydrogen-bond acceptors (Lipinski definition) is 3. The summed E-state index contributed by atoms with van der Waals surface area (Å²) in [7, 11) is 0. The molecule has 0 aromatic carbocycles. The minimum absolute atomic E-state index is 0.0521. The number of carbonyl (C=O) groups is 1. The van der Waals surface area contributed by atoms with Crippen molar-refractivity contribution in [1.29, 1.82) is 0 Å². The van der Waals surface area contributed by atoms with E-state index in [2.05, 4.69) is 5.32 Å². The van der Waals surface area contributed by atoms with E-state index in [1.54, 1.807) is 4.68 Å². The molecule has 2 aliphatic heterocycles. The Kier molecular flexibility index (Phi) is 3.53. The Balaban J connectivity index is 1.99. The molecular formula is C18H24N4O2. The molecule has 4 heterocycles. The van der Waals surface area contributed by atoms with Crippen LogP contribution in [0.2, 0.25) is 0 Å². The second-order valence-corrected chi connectivity index (χ2v) is 7.44. The molecule has 2 saturated heterocycles. The summed E-state index contributed by atoms with van der Waals surface area (Å²) >= 11 is 0. The molecule has 2 bridgehead atoms. The van der Waals surface area contributed by atoms with Crippen molar-refractivity contribution in [3.05, 3.63) is 39.8 Å². The number of fused-ring (bicyclic) bond motifs is 3. The van der Waals surface area contributed by atoms with Crippen LogP contribution in [0.1, 0.15) is 67.4 Å². The van der Waals surface area contributed by atoms with E-state index in [4.69, 9.17) is 5.73 Å². The first-order valence-corrected chi connectivity index (χ1v) is 8.79. The fourth-order valence-electron chi connectivity index (χ4n) is 4.66. The fourth-order valence-corrected chi connectivity index (χ4v) is 4.66. The van der Waals surface area contributed by atoms with Crippen LogP contribution >= 0.6 is 0 Å². The molecule has 0 aliphatic carbocycles. The number of nitrogens with two attached hydrogens (primary N) is 1. The van der Waals surface area contributed by atoms with Crippen LogP contribution in [0.25, 0.3) is 5.52 Å². The summed E-state index contributed by atoms with van der Waals surface area (Å²) < 4.78 is 3.51. The lowest BCUT2D eigenvalue weighted by Gasteiger charge is -2.31. The molecule has 2 fully saturated rings. The third-order valence-corrected chi connectivity index (χ3v) is 5.54. The molecule has 1 amide bonds. The molecule has 24 heavy (non-hydrogen) atoms. The molecule has 4 rings (SSSR count). The number of carbonyl (C=O) groups excluding carboxylic acids is 1. The number of nitrogens with zero attached hydrogens (tertiary/aromatic N) is 2. The van der Waals surface area contributed by atoms with E-state index < -0.39 is 5.91 Å². The highest BCUT2D eigenvalue weighted by atomic mass is 16.2. The van der Waals surface area contributed by atoms with Crippen molar-refractivity contribution in [2.45, 2.75) is 63.6 Å². The molecule has 6 nitrogen and oxygen atoms in total. The minimum atomic E-state index is -0.612. The SMILES string of the molecule is CC(C)n1c(=O)c(C(N)=O)c(C2CC3CCC(C2)N3)c2cccn21. The van der Waals surface area contributed by atoms with E-state index in [1.165, 1.54) is 12.8 Å². The molecule has 0 saturated carbocycles. The third kappa shape index (κ3) is 2.20. The van der Waals surface area contributed by atoms with E-state index in [9.17, 15) is 9.59 Å². The van der Waals surface area contributed by atoms with Gasteiger partial charge in [-0.2, -0.15) is 0 Å². The summed E-state index contributed by atoms with van der Waals surface area (Å²) in [5, 5.41) is 3.62. The third-order valence-electron chi connectivity index (χ3n) is 5.54. The summed E-state index contributed by atoms with van der Waals surface area (Å²) in [5.74, 6) is -0.405. The second-order valence-electron chi connectivity index (χ2n) is 7.44. The molecule has 2 atom stereocenters. The number of rotatable bonds is 3. The van der Waals surface area contributed by atoms with Crippen LogP contribution in [0, 0.1) is 0 Å². The van der Waals surface area contributed by atoms with Gasteiger partial charge in [0.15, 0.2) is 0 Å². The highest BCUT2D eigenvalue weighted by Crippen LogP contribution is 2.39. The fraction of sp³-hybridized carbons (Fsp3) is 0.556. The summed E-state index contributed by atoms with van der Waals surface area (Å²) in [6.07, 6.45) is 6.16. The lowest BCUT2D eigenvalue weighted by Crippen LogP contribution is -2.40. The van der Waals surface area contributed by atoms with Crippen LogP contribution in [0.3, 0.4) is 0 Å². The number of amides is 1. The molecule has 3 N–H and O–H groups in total. The molecule has 0 spiro atoms. The Morgan fingerprint density at radius 1 is 1.29 bits per heavy atom. The van der Waals surface area contributed by atoms with Crippen molar-refractivity contribution in [1.82, 2.24) is 14.5 Å². The van der Waals surface area contributed by atoms with Crippen molar-refractivity contribution in [3.63, 3.8) is 0 Å². The maximum absolute atomic E-state index is 13.0. The minimum Gasteiger partial charge on any atom is -0.365 e. The Hall–Kier alpha value is -2.08. The number of hydrogen-bond donors (Lipinski definition) is 2. The van der Waals surface area contributed by atoms with Crippen molar-refractivity contribution in [2.75, 3.05) is 0 Å². The number of nitrogens with one attached hydrogen (secondary N) is 1. The van der Waals surface area contributed by atoms with Crippen LogP contribution < -0.4 is 16.6 Å². The van der Waals surface area contributed by atoms with Crippen LogP contribution in [0.4, 0.5) is 0 Å². The summed E-state index contributed by atoms with van der Waals surface area (Å²) in [5.41, 5.74) is 7.35. The van der Waals surface area contributed by atoms with Gasteiger partial charge < -0.3 is 11.1 Å². The molecule has 2 aliphatic rings. The topological polar surface area (TPSA) is 81.5 Å². The normalized spacial score (nSPS) is 26.4. The van der Waals surface area contributed by atoms with Crippen molar-refractivity contribution in [3.8, 4) is 0 Å². The molecule has 6 heteroatoms. The zero-order valence-corrected chi connectivity index (χ0v) is 14.2. The standard InChI is InChI=1S/C18H24N4O2/c1-10(2)22-18(24)16(17(19)23)15(14-4-3-7-21(14)22)11-8-12-5-6-13(9-11)20-12/h3-4,7,10-13,20H,5-6,8-9H2,1-2H3,(H2,19,23). The van der Waals surface area contributed by atoms with Gasteiger partial charge in [0.1, 0.15) is 5.56 Å². The average molecular weight is 328 g/mol. The Morgan fingerprint density at radius 3 is 2.54 bits per heavy atom. The molecule has 2 unspecified atom stereocenters. The number of aromatic nitrogens is 2. The first-order valence-electron chi connectivity index (χ1n) is 8.79. The smallest absolute Gasteiger partial charge is 0.278 e. The van der Waals surface area contributed by atoms with E-state index in [-0.39, 0.29) is 23.1 Å². The van der Waals surface area contributed by atoms with Gasteiger partial charge in [-0.3, -0.25) is 14.1 Å². The van der Waals surface area contributed by atoms with E-state index in [1.807, 2.05) is 36.7 Å². The lowest BCUT2D eigenvalue weighted by atomic mass is 9.83. The van der Waals surface area contributed by atoms with Gasteiger partial charge in [0, 0.05) is 24.3 Å². The van der Waals surface area contributed by atoms with Crippen LogP contribution in [0.15, 0.2) is 23.1 Å². The van der Waals surface area contributed by atoms with Crippen molar-refractivity contribution < 1.29 is 4.79 Å². The Labute approximate surface area is 140 Å². The average Bonchev–Trinajstić information content (AvgIpc) is 3.11. The lowest BCUT2D eigenvalue weighted by molar-refractivity contribution is 0.0995. The number of primary amides is 1. The number of piperidine rings is 1. The van der Waals surface area contributed by atoms with Gasteiger partial charge in [0.25, 0.3) is 11.5 Å². The van der Waals surface area contributed by atoms with E-state index in [0.29, 0.717) is 12.1 Å². The van der Waals surface area contributed by atoms with Gasteiger partial charge >= 0.3 is 0 Å². The zero-order valence-electron chi connectivity index (χ0n) is 14.2. The molecule has 128 valence electrons.